The third kappa shape index (κ3) is 3.09. The van der Waals surface area contributed by atoms with Gasteiger partial charge in [-0.25, -0.2) is 12.8 Å². The summed E-state index contributed by atoms with van der Waals surface area (Å²) in [5.41, 5.74) is 6.71. The Morgan fingerprint density at radius 3 is 2.56 bits per heavy atom. The molecule has 1 aliphatic rings. The maximum absolute atomic E-state index is 12.9. The average Bonchev–Trinajstić information content (AvgIpc) is 2.31. The first kappa shape index (κ1) is 13.5. The lowest BCUT2D eigenvalue weighted by Crippen LogP contribution is -2.32. The molecule has 0 radical (unpaired) electrons. The highest BCUT2D eigenvalue weighted by Crippen LogP contribution is 2.32. The van der Waals surface area contributed by atoms with Gasteiger partial charge in [-0.3, -0.25) is 0 Å². The molecule has 0 bridgehead atoms. The highest BCUT2D eigenvalue weighted by Gasteiger charge is 2.30. The molecule has 3 nitrogen and oxygen atoms in total. The fourth-order valence-electron chi connectivity index (χ4n) is 2.69. The van der Waals surface area contributed by atoms with E-state index in [1.54, 1.807) is 12.1 Å². The predicted octanol–water partition coefficient (Wildman–Crippen LogP) is 1.69. The summed E-state index contributed by atoms with van der Waals surface area (Å²) >= 11 is 0. The van der Waals surface area contributed by atoms with Crippen LogP contribution < -0.4 is 5.73 Å². The zero-order chi connectivity index (χ0) is 13.2. The molecule has 1 saturated heterocycles. The molecular weight excluding hydrogens is 253 g/mol. The van der Waals surface area contributed by atoms with E-state index in [-0.39, 0.29) is 29.2 Å². The third-order valence-corrected chi connectivity index (χ3v) is 5.47. The van der Waals surface area contributed by atoms with Crippen LogP contribution in [-0.4, -0.2) is 26.5 Å². The monoisotopic (exact) mass is 271 g/mol. The fraction of sp³-hybridized carbons (Fsp3) is 0.538. The molecule has 0 saturated carbocycles. The highest BCUT2D eigenvalue weighted by atomic mass is 32.2. The van der Waals surface area contributed by atoms with Gasteiger partial charge in [-0.05, 0) is 48.9 Å². The maximum atomic E-state index is 12.9. The van der Waals surface area contributed by atoms with Gasteiger partial charge in [0.25, 0.3) is 0 Å². The van der Waals surface area contributed by atoms with Crippen LogP contribution in [0.15, 0.2) is 24.3 Å². The van der Waals surface area contributed by atoms with Crippen molar-refractivity contribution in [2.45, 2.75) is 18.8 Å². The van der Waals surface area contributed by atoms with Crippen molar-refractivity contribution in [1.29, 1.82) is 0 Å². The van der Waals surface area contributed by atoms with Gasteiger partial charge in [-0.1, -0.05) is 12.1 Å². The van der Waals surface area contributed by atoms with Crippen molar-refractivity contribution in [3.05, 3.63) is 35.6 Å². The van der Waals surface area contributed by atoms with Crippen LogP contribution in [0.4, 0.5) is 4.39 Å². The topological polar surface area (TPSA) is 60.2 Å². The van der Waals surface area contributed by atoms with Gasteiger partial charge in [-0.2, -0.15) is 0 Å². The average molecular weight is 271 g/mol. The van der Waals surface area contributed by atoms with Crippen LogP contribution in [0.2, 0.25) is 0 Å². The third-order valence-electron chi connectivity index (χ3n) is 3.62. The standard InChI is InChI=1S/C13H18FNO2S/c14-12-5-3-10(4-6-12)13(8-15)11-2-1-7-18(16,17)9-11/h3-6,11,13H,1-2,7-9,15H2. The number of nitrogens with two attached hydrogens (primary N) is 1. The Morgan fingerprint density at radius 1 is 1.33 bits per heavy atom. The molecule has 0 spiro atoms. The Labute approximate surface area is 107 Å². The number of sulfone groups is 1. The lowest BCUT2D eigenvalue weighted by atomic mass is 9.84. The zero-order valence-corrected chi connectivity index (χ0v) is 11.0. The first-order valence-corrected chi connectivity index (χ1v) is 8.00. The van der Waals surface area contributed by atoms with Crippen LogP contribution in [0.25, 0.3) is 0 Å². The van der Waals surface area contributed by atoms with Gasteiger partial charge in [0.1, 0.15) is 5.82 Å². The van der Waals surface area contributed by atoms with Crippen LogP contribution in [0, 0.1) is 11.7 Å². The lowest BCUT2D eigenvalue weighted by molar-refractivity contribution is 0.412. The number of hydrogen-bond donors (Lipinski definition) is 1. The van der Waals surface area contributed by atoms with E-state index in [1.807, 2.05) is 0 Å². The summed E-state index contributed by atoms with van der Waals surface area (Å²) < 4.78 is 36.2. The molecular formula is C13H18FNO2S. The predicted molar refractivity (Wildman–Crippen MR) is 69.6 cm³/mol. The van der Waals surface area contributed by atoms with E-state index in [0.717, 1.165) is 12.0 Å². The number of rotatable bonds is 3. The molecule has 1 fully saturated rings. The Bertz CT molecular complexity index is 498. The van der Waals surface area contributed by atoms with Gasteiger partial charge in [-0.15, -0.1) is 0 Å². The van der Waals surface area contributed by atoms with Crippen molar-refractivity contribution in [1.82, 2.24) is 0 Å². The Balaban J connectivity index is 2.20. The van der Waals surface area contributed by atoms with Crippen molar-refractivity contribution in [2.24, 2.45) is 11.7 Å². The van der Waals surface area contributed by atoms with Gasteiger partial charge < -0.3 is 5.73 Å². The van der Waals surface area contributed by atoms with Crippen molar-refractivity contribution >= 4 is 9.84 Å². The molecule has 1 aromatic carbocycles. The summed E-state index contributed by atoms with van der Waals surface area (Å²) in [6.45, 7) is 0.395. The number of hydrogen-bond acceptors (Lipinski definition) is 3. The first-order chi connectivity index (χ1) is 8.52. The molecule has 2 unspecified atom stereocenters. The quantitative estimate of drug-likeness (QED) is 0.910. The second kappa shape index (κ2) is 5.36. The van der Waals surface area contributed by atoms with E-state index in [2.05, 4.69) is 0 Å². The number of halogens is 1. The lowest BCUT2D eigenvalue weighted by Gasteiger charge is -2.29. The van der Waals surface area contributed by atoms with E-state index in [1.165, 1.54) is 12.1 Å². The summed E-state index contributed by atoms with van der Waals surface area (Å²) in [6.07, 6.45) is 1.57. The van der Waals surface area contributed by atoms with Crippen molar-refractivity contribution in [3.8, 4) is 0 Å². The SMILES string of the molecule is NCC(c1ccc(F)cc1)C1CCCS(=O)(=O)C1. The summed E-state index contributed by atoms with van der Waals surface area (Å²) in [5, 5.41) is 0. The van der Waals surface area contributed by atoms with Gasteiger partial charge in [0, 0.05) is 0 Å². The molecule has 0 aliphatic carbocycles. The van der Waals surface area contributed by atoms with Gasteiger partial charge in [0.15, 0.2) is 9.84 Å². The molecule has 100 valence electrons. The molecule has 0 amide bonds. The summed E-state index contributed by atoms with van der Waals surface area (Å²) in [5.74, 6) is 0.252. The second-order valence-electron chi connectivity index (χ2n) is 4.91. The van der Waals surface area contributed by atoms with Crippen LogP contribution in [-0.2, 0) is 9.84 Å². The van der Waals surface area contributed by atoms with Gasteiger partial charge >= 0.3 is 0 Å². The molecule has 2 rings (SSSR count). The number of benzene rings is 1. The maximum Gasteiger partial charge on any atom is 0.150 e. The smallest absolute Gasteiger partial charge is 0.150 e. The minimum Gasteiger partial charge on any atom is -0.330 e. The Kier molecular flexibility index (Phi) is 4.02. The minimum absolute atomic E-state index is 0.000625. The molecule has 2 atom stereocenters. The van der Waals surface area contributed by atoms with E-state index in [9.17, 15) is 12.8 Å². The fourth-order valence-corrected chi connectivity index (χ4v) is 4.51. The summed E-state index contributed by atoms with van der Waals surface area (Å²) in [7, 11) is -2.93. The van der Waals surface area contributed by atoms with E-state index in [4.69, 9.17) is 5.73 Å². The second-order valence-corrected chi connectivity index (χ2v) is 7.14. The normalized spacial score (nSPS) is 24.7. The van der Waals surface area contributed by atoms with Crippen LogP contribution in [0.1, 0.15) is 24.3 Å². The summed E-state index contributed by atoms with van der Waals surface area (Å²) in [4.78, 5) is 0. The van der Waals surface area contributed by atoms with Crippen molar-refractivity contribution in [3.63, 3.8) is 0 Å². The van der Waals surface area contributed by atoms with E-state index < -0.39 is 9.84 Å². The zero-order valence-electron chi connectivity index (χ0n) is 10.2. The Morgan fingerprint density at radius 2 is 2.00 bits per heavy atom. The van der Waals surface area contributed by atoms with Crippen molar-refractivity contribution < 1.29 is 12.8 Å². The molecule has 1 aliphatic heterocycles. The van der Waals surface area contributed by atoms with E-state index in [0.29, 0.717) is 13.0 Å². The molecule has 2 N–H and O–H groups in total. The van der Waals surface area contributed by atoms with Crippen molar-refractivity contribution in [2.75, 3.05) is 18.1 Å². The van der Waals surface area contributed by atoms with Crippen LogP contribution in [0.5, 0.6) is 0 Å². The van der Waals surface area contributed by atoms with Gasteiger partial charge in [0.05, 0.1) is 11.5 Å². The molecule has 1 heterocycles. The molecule has 0 aromatic heterocycles. The molecule has 5 heteroatoms. The Hall–Kier alpha value is -0.940. The largest absolute Gasteiger partial charge is 0.330 e. The molecule has 18 heavy (non-hydrogen) atoms. The first-order valence-electron chi connectivity index (χ1n) is 6.18. The van der Waals surface area contributed by atoms with Crippen LogP contribution >= 0.6 is 0 Å². The van der Waals surface area contributed by atoms with E-state index >= 15 is 0 Å². The molecule has 1 aromatic rings. The minimum atomic E-state index is -2.93. The summed E-state index contributed by atoms with van der Waals surface area (Å²) in [6, 6.07) is 6.20. The van der Waals surface area contributed by atoms with Gasteiger partial charge in [0.2, 0.25) is 0 Å². The van der Waals surface area contributed by atoms with Crippen LogP contribution in [0.3, 0.4) is 0 Å². The highest BCUT2D eigenvalue weighted by molar-refractivity contribution is 7.91.